The second kappa shape index (κ2) is 7.32. The molecule has 166 valence electrons. The van der Waals surface area contributed by atoms with Crippen molar-refractivity contribution in [3.05, 3.63) is 29.3 Å². The molecule has 4 nitrogen and oxygen atoms in total. The van der Waals surface area contributed by atoms with Gasteiger partial charge in [-0.2, -0.15) is 18.4 Å². The smallest absolute Gasteiger partial charge is 0.322 e. The summed E-state index contributed by atoms with van der Waals surface area (Å²) in [7, 11) is 0. The van der Waals surface area contributed by atoms with Crippen LogP contribution in [-0.2, 0) is 16.8 Å². The van der Waals surface area contributed by atoms with Crippen LogP contribution in [0.25, 0.3) is 11.0 Å². The van der Waals surface area contributed by atoms with Crippen molar-refractivity contribution in [2.45, 2.75) is 76.9 Å². The van der Waals surface area contributed by atoms with Gasteiger partial charge >= 0.3 is 6.18 Å². The maximum Gasteiger partial charge on any atom is 0.395 e. The Hall–Kier alpha value is -2.43. The molecule has 1 aromatic heterocycles. The van der Waals surface area contributed by atoms with E-state index in [0.29, 0.717) is 24.2 Å². The zero-order valence-electron chi connectivity index (χ0n) is 17.7. The van der Waals surface area contributed by atoms with Crippen molar-refractivity contribution in [2.24, 2.45) is 11.3 Å². The zero-order chi connectivity index (χ0) is 22.6. The highest BCUT2D eigenvalue weighted by molar-refractivity contribution is 5.82. The molecule has 0 radical (unpaired) electrons. The van der Waals surface area contributed by atoms with Gasteiger partial charge in [-0.05, 0) is 57.6 Å². The van der Waals surface area contributed by atoms with E-state index in [2.05, 4.69) is 11.9 Å². The number of aromatic nitrogens is 2. The SMILES string of the molecule is CC(C(=O)CCCc1nc2c(F)cc(C#N)cc2n1C1(C)CCC1)C1(C(F)(F)F)CC1. The lowest BCUT2D eigenvalue weighted by Crippen LogP contribution is -2.38. The summed E-state index contributed by atoms with van der Waals surface area (Å²) in [5.41, 5.74) is -1.13. The maximum atomic E-state index is 14.6. The number of alkyl halides is 3. The number of halogens is 4. The number of nitrogens with zero attached hydrogens (tertiary/aromatic N) is 3. The molecule has 0 N–H and O–H groups in total. The molecule has 0 spiro atoms. The number of hydrogen-bond acceptors (Lipinski definition) is 3. The van der Waals surface area contributed by atoms with Gasteiger partial charge in [0.15, 0.2) is 5.82 Å². The third-order valence-corrected chi connectivity index (χ3v) is 7.37. The van der Waals surface area contributed by atoms with E-state index >= 15 is 0 Å². The van der Waals surface area contributed by atoms with Crippen molar-refractivity contribution in [2.75, 3.05) is 0 Å². The number of rotatable bonds is 7. The third kappa shape index (κ3) is 3.52. The molecule has 0 aliphatic heterocycles. The van der Waals surface area contributed by atoms with E-state index in [1.807, 2.05) is 10.6 Å². The molecule has 1 heterocycles. The quantitative estimate of drug-likeness (QED) is 0.515. The Labute approximate surface area is 178 Å². The highest BCUT2D eigenvalue weighted by Gasteiger charge is 2.67. The van der Waals surface area contributed by atoms with E-state index in [4.69, 9.17) is 0 Å². The van der Waals surface area contributed by atoms with Crippen LogP contribution in [0.2, 0.25) is 0 Å². The minimum Gasteiger partial charge on any atom is -0.322 e. The molecular formula is C23H25F4N3O. The maximum absolute atomic E-state index is 14.6. The lowest BCUT2D eigenvalue weighted by atomic mass is 9.78. The van der Waals surface area contributed by atoms with Crippen LogP contribution < -0.4 is 0 Å². The van der Waals surface area contributed by atoms with Gasteiger partial charge in [-0.1, -0.05) is 6.92 Å². The first-order valence-electron chi connectivity index (χ1n) is 10.7. The first-order valence-corrected chi connectivity index (χ1v) is 10.7. The van der Waals surface area contributed by atoms with Crippen LogP contribution in [0.5, 0.6) is 0 Å². The highest BCUT2D eigenvalue weighted by atomic mass is 19.4. The molecule has 1 aromatic carbocycles. The Morgan fingerprint density at radius 3 is 2.48 bits per heavy atom. The summed E-state index contributed by atoms with van der Waals surface area (Å²) in [6.45, 7) is 3.44. The molecule has 2 aromatic rings. The van der Waals surface area contributed by atoms with Crippen molar-refractivity contribution in [3.63, 3.8) is 0 Å². The molecule has 8 heteroatoms. The molecule has 2 aliphatic rings. The van der Waals surface area contributed by atoms with Gasteiger partial charge < -0.3 is 4.57 Å². The Bertz CT molecular complexity index is 1070. The first-order chi connectivity index (χ1) is 14.5. The fourth-order valence-electron chi connectivity index (χ4n) is 4.97. The molecule has 2 aliphatic carbocycles. The van der Waals surface area contributed by atoms with Crippen LogP contribution in [0.1, 0.15) is 70.2 Å². The van der Waals surface area contributed by atoms with Gasteiger partial charge in [0.1, 0.15) is 17.1 Å². The molecule has 1 unspecified atom stereocenters. The molecule has 0 saturated heterocycles. The number of carbonyl (C=O) groups is 1. The van der Waals surface area contributed by atoms with E-state index in [9.17, 15) is 27.6 Å². The monoisotopic (exact) mass is 435 g/mol. The highest BCUT2D eigenvalue weighted by Crippen LogP contribution is 2.62. The number of benzene rings is 1. The molecule has 0 amide bonds. The predicted molar refractivity (Wildman–Crippen MR) is 107 cm³/mol. The van der Waals surface area contributed by atoms with Gasteiger partial charge in [0, 0.05) is 24.3 Å². The number of Topliss-reactive ketones (excluding diaryl/α,β-unsaturated/α-hetero) is 1. The van der Waals surface area contributed by atoms with Crippen LogP contribution in [0, 0.1) is 28.5 Å². The molecule has 1 atom stereocenters. The van der Waals surface area contributed by atoms with Crippen molar-refractivity contribution in [1.29, 1.82) is 5.26 Å². The summed E-state index contributed by atoms with van der Waals surface area (Å²) in [4.78, 5) is 17.0. The third-order valence-electron chi connectivity index (χ3n) is 7.37. The van der Waals surface area contributed by atoms with Gasteiger partial charge in [0.05, 0.1) is 22.6 Å². The zero-order valence-corrected chi connectivity index (χ0v) is 17.7. The lowest BCUT2D eigenvalue weighted by molar-refractivity contribution is -0.202. The van der Waals surface area contributed by atoms with Crippen LogP contribution in [0.3, 0.4) is 0 Å². The van der Waals surface area contributed by atoms with Gasteiger partial charge in [0.25, 0.3) is 0 Å². The largest absolute Gasteiger partial charge is 0.395 e. The Morgan fingerprint density at radius 2 is 1.97 bits per heavy atom. The van der Waals surface area contributed by atoms with Crippen LogP contribution in [0.15, 0.2) is 12.1 Å². The molecule has 4 rings (SSSR count). The van der Waals surface area contributed by atoms with Crippen molar-refractivity contribution in [3.8, 4) is 6.07 Å². The van der Waals surface area contributed by atoms with Crippen molar-refractivity contribution < 1.29 is 22.4 Å². The first kappa shape index (κ1) is 21.8. The number of fused-ring (bicyclic) bond motifs is 1. The summed E-state index contributed by atoms with van der Waals surface area (Å²) < 4.78 is 56.5. The van der Waals surface area contributed by atoms with E-state index in [0.717, 1.165) is 25.3 Å². The van der Waals surface area contributed by atoms with Crippen LogP contribution >= 0.6 is 0 Å². The number of ketones is 1. The fourth-order valence-corrected chi connectivity index (χ4v) is 4.97. The van der Waals surface area contributed by atoms with Crippen LogP contribution in [-0.4, -0.2) is 21.5 Å². The Balaban J connectivity index is 1.55. The average Bonchev–Trinajstić information content (AvgIpc) is 3.42. The number of nitriles is 1. The second-order valence-corrected chi connectivity index (χ2v) is 9.35. The van der Waals surface area contributed by atoms with E-state index in [1.54, 1.807) is 6.07 Å². The number of hydrogen-bond donors (Lipinski definition) is 0. The summed E-state index contributed by atoms with van der Waals surface area (Å²) in [6.07, 6.45) is -0.758. The molecule has 31 heavy (non-hydrogen) atoms. The lowest BCUT2D eigenvalue weighted by Gasteiger charge is -2.41. The van der Waals surface area contributed by atoms with Crippen molar-refractivity contribution >= 4 is 16.8 Å². The van der Waals surface area contributed by atoms with Gasteiger partial charge in [-0.3, -0.25) is 4.79 Å². The molecular weight excluding hydrogens is 410 g/mol. The van der Waals surface area contributed by atoms with Crippen LogP contribution in [0.4, 0.5) is 17.6 Å². The second-order valence-electron chi connectivity index (χ2n) is 9.35. The summed E-state index contributed by atoms with van der Waals surface area (Å²) in [6, 6.07) is 4.76. The molecule has 2 fully saturated rings. The topological polar surface area (TPSA) is 58.7 Å². The Morgan fingerprint density at radius 1 is 1.29 bits per heavy atom. The molecule has 0 bridgehead atoms. The Kier molecular flexibility index (Phi) is 5.14. The number of imidazole rings is 1. The van der Waals surface area contributed by atoms with E-state index in [-0.39, 0.29) is 41.7 Å². The average molecular weight is 435 g/mol. The summed E-state index contributed by atoms with van der Waals surface area (Å²) in [5.74, 6) is -1.39. The number of aryl methyl sites for hydroxylation is 1. The van der Waals surface area contributed by atoms with Gasteiger partial charge in [-0.15, -0.1) is 0 Å². The summed E-state index contributed by atoms with van der Waals surface area (Å²) >= 11 is 0. The molecule has 2 saturated carbocycles. The fraction of sp³-hybridized carbons (Fsp3) is 0.609. The van der Waals surface area contributed by atoms with Gasteiger partial charge in [-0.25, -0.2) is 9.37 Å². The van der Waals surface area contributed by atoms with E-state index < -0.39 is 23.3 Å². The minimum atomic E-state index is -4.36. The standard InChI is InChI=1S/C23H25F4N3O/c1-14(22(9-10-22)23(25,26)27)18(31)5-3-6-19-29-20-16(24)11-15(13-28)12-17(20)30(19)21(2)7-4-8-21/h11-12,14H,3-10H2,1-2H3. The van der Waals surface area contributed by atoms with E-state index in [1.165, 1.54) is 6.92 Å². The normalized spacial score (nSPS) is 20.2. The predicted octanol–water partition coefficient (Wildman–Crippen LogP) is 5.82. The van der Waals surface area contributed by atoms with Gasteiger partial charge in [0.2, 0.25) is 0 Å². The summed E-state index contributed by atoms with van der Waals surface area (Å²) in [5, 5.41) is 9.21. The number of carbonyl (C=O) groups excluding carboxylic acids is 1. The minimum absolute atomic E-state index is 0.0120. The van der Waals surface area contributed by atoms with Crippen molar-refractivity contribution in [1.82, 2.24) is 9.55 Å².